The van der Waals surface area contributed by atoms with E-state index in [0.717, 1.165) is 22.3 Å². The van der Waals surface area contributed by atoms with Crippen LogP contribution in [0.5, 0.6) is 5.75 Å². The number of nitrogens with one attached hydrogen (secondary N) is 1. The Hall–Kier alpha value is -0.580. The third-order valence-corrected chi connectivity index (χ3v) is 3.47. The highest BCUT2D eigenvalue weighted by Gasteiger charge is 2.21. The highest BCUT2D eigenvalue weighted by molar-refractivity contribution is 9.10. The summed E-state index contributed by atoms with van der Waals surface area (Å²) in [5.41, 5.74) is 2.37. The number of aryl methyl sites for hydroxylation is 1. The van der Waals surface area contributed by atoms with Crippen LogP contribution in [0.4, 0.5) is 0 Å². The summed E-state index contributed by atoms with van der Waals surface area (Å²) in [6, 6.07) is 4.92. The molecule has 0 bridgehead atoms. The Morgan fingerprint density at radius 1 is 1.33 bits per heavy atom. The first-order valence-electron chi connectivity index (χ1n) is 6.35. The van der Waals surface area contributed by atoms with Crippen molar-refractivity contribution >= 4 is 15.9 Å². The van der Waals surface area contributed by atoms with Crippen LogP contribution in [-0.4, -0.2) is 26.4 Å². The number of halogens is 1. The second kappa shape index (κ2) is 6.55. The lowest BCUT2D eigenvalue weighted by Crippen LogP contribution is -2.17. The zero-order valence-electron chi connectivity index (χ0n) is 11.0. The minimum atomic E-state index is 0.593. The van der Waals surface area contributed by atoms with Gasteiger partial charge in [0.2, 0.25) is 0 Å². The molecule has 100 valence electrons. The molecule has 2 rings (SSSR count). The van der Waals surface area contributed by atoms with Gasteiger partial charge in [-0.05, 0) is 37.5 Å². The zero-order chi connectivity index (χ0) is 13.0. The van der Waals surface area contributed by atoms with E-state index in [1.807, 2.05) is 0 Å². The Bertz CT molecular complexity index is 405. The summed E-state index contributed by atoms with van der Waals surface area (Å²) in [5.74, 6) is 0.989. The standard InChI is InChI=1S/C14H20BrNO2/c1-10-7-12(15)8-11(9-16-13-3-4-13)14(10)18-6-5-17-2/h7-8,13,16H,3-6,9H2,1-2H3. The molecule has 1 aromatic rings. The molecule has 0 heterocycles. The van der Waals surface area contributed by atoms with Gasteiger partial charge in [0.05, 0.1) is 6.61 Å². The normalized spacial score (nSPS) is 14.8. The maximum atomic E-state index is 5.83. The molecule has 0 aliphatic heterocycles. The van der Waals surface area contributed by atoms with E-state index in [9.17, 15) is 0 Å². The molecule has 1 aliphatic carbocycles. The van der Waals surface area contributed by atoms with Crippen molar-refractivity contribution in [3.63, 3.8) is 0 Å². The minimum absolute atomic E-state index is 0.593. The van der Waals surface area contributed by atoms with Gasteiger partial charge < -0.3 is 14.8 Å². The van der Waals surface area contributed by atoms with Gasteiger partial charge >= 0.3 is 0 Å². The summed E-state index contributed by atoms with van der Waals surface area (Å²) in [5, 5.41) is 3.53. The fourth-order valence-electron chi connectivity index (χ4n) is 1.91. The number of hydrogen-bond donors (Lipinski definition) is 1. The molecule has 0 radical (unpaired) electrons. The summed E-state index contributed by atoms with van der Waals surface area (Å²) < 4.78 is 12.0. The van der Waals surface area contributed by atoms with Gasteiger partial charge in [0.1, 0.15) is 12.4 Å². The van der Waals surface area contributed by atoms with Gasteiger partial charge in [0.15, 0.2) is 0 Å². The lowest BCUT2D eigenvalue weighted by Gasteiger charge is -2.15. The largest absolute Gasteiger partial charge is 0.491 e. The predicted molar refractivity (Wildman–Crippen MR) is 76.1 cm³/mol. The number of hydrogen-bond acceptors (Lipinski definition) is 3. The molecule has 1 N–H and O–H groups in total. The molecule has 3 nitrogen and oxygen atoms in total. The number of ether oxygens (including phenoxy) is 2. The van der Waals surface area contributed by atoms with E-state index in [-0.39, 0.29) is 0 Å². The van der Waals surface area contributed by atoms with Gasteiger partial charge in [0.25, 0.3) is 0 Å². The van der Waals surface area contributed by atoms with Crippen molar-refractivity contribution in [2.45, 2.75) is 32.4 Å². The number of benzene rings is 1. The van der Waals surface area contributed by atoms with Crippen LogP contribution in [0.25, 0.3) is 0 Å². The third-order valence-electron chi connectivity index (χ3n) is 3.01. The van der Waals surface area contributed by atoms with E-state index in [2.05, 4.69) is 40.3 Å². The first-order chi connectivity index (χ1) is 8.70. The average molecular weight is 314 g/mol. The molecule has 0 atom stereocenters. The van der Waals surface area contributed by atoms with Crippen LogP contribution in [0.2, 0.25) is 0 Å². The number of methoxy groups -OCH3 is 1. The van der Waals surface area contributed by atoms with Gasteiger partial charge in [-0.2, -0.15) is 0 Å². The minimum Gasteiger partial charge on any atom is -0.491 e. The van der Waals surface area contributed by atoms with E-state index in [4.69, 9.17) is 9.47 Å². The van der Waals surface area contributed by atoms with Gasteiger partial charge in [-0.3, -0.25) is 0 Å². The number of rotatable bonds is 7. The molecule has 1 aliphatic rings. The molecule has 0 saturated heterocycles. The molecule has 0 aromatic heterocycles. The Balaban J connectivity index is 2.06. The van der Waals surface area contributed by atoms with Crippen LogP contribution in [0.3, 0.4) is 0 Å². The van der Waals surface area contributed by atoms with Gasteiger partial charge in [-0.1, -0.05) is 15.9 Å². The topological polar surface area (TPSA) is 30.5 Å². The van der Waals surface area contributed by atoms with Gasteiger partial charge in [-0.25, -0.2) is 0 Å². The van der Waals surface area contributed by atoms with Gasteiger partial charge in [-0.15, -0.1) is 0 Å². The van der Waals surface area contributed by atoms with Crippen molar-refractivity contribution in [2.75, 3.05) is 20.3 Å². The summed E-state index contributed by atoms with van der Waals surface area (Å²) >= 11 is 3.54. The van der Waals surface area contributed by atoms with Crippen molar-refractivity contribution in [3.05, 3.63) is 27.7 Å². The molecular weight excluding hydrogens is 294 g/mol. The quantitative estimate of drug-likeness (QED) is 0.785. The van der Waals surface area contributed by atoms with E-state index < -0.39 is 0 Å². The molecule has 1 aromatic carbocycles. The van der Waals surface area contributed by atoms with Crippen molar-refractivity contribution in [3.8, 4) is 5.75 Å². The molecule has 4 heteroatoms. The predicted octanol–water partition coefficient (Wildman–Crippen LogP) is 3.03. The monoisotopic (exact) mass is 313 g/mol. The fourth-order valence-corrected chi connectivity index (χ4v) is 2.53. The molecule has 1 saturated carbocycles. The van der Waals surface area contributed by atoms with Crippen LogP contribution in [0.15, 0.2) is 16.6 Å². The second-order valence-corrected chi connectivity index (χ2v) is 5.62. The third kappa shape index (κ3) is 3.97. The van der Waals surface area contributed by atoms with E-state index in [1.165, 1.54) is 18.4 Å². The van der Waals surface area contributed by atoms with Crippen LogP contribution in [0.1, 0.15) is 24.0 Å². The highest BCUT2D eigenvalue weighted by atomic mass is 79.9. The van der Waals surface area contributed by atoms with Crippen molar-refractivity contribution < 1.29 is 9.47 Å². The maximum Gasteiger partial charge on any atom is 0.126 e. The zero-order valence-corrected chi connectivity index (χ0v) is 12.5. The van der Waals surface area contributed by atoms with Crippen molar-refractivity contribution in [2.24, 2.45) is 0 Å². The highest BCUT2D eigenvalue weighted by Crippen LogP contribution is 2.29. The SMILES string of the molecule is COCCOc1c(C)cc(Br)cc1CNC1CC1. The van der Waals surface area contributed by atoms with Crippen LogP contribution < -0.4 is 10.1 Å². The van der Waals surface area contributed by atoms with Crippen LogP contribution >= 0.6 is 15.9 Å². The molecule has 0 unspecified atom stereocenters. The van der Waals surface area contributed by atoms with E-state index in [1.54, 1.807) is 7.11 Å². The lowest BCUT2D eigenvalue weighted by atomic mass is 10.1. The fraction of sp³-hybridized carbons (Fsp3) is 0.571. The van der Waals surface area contributed by atoms with Gasteiger partial charge in [0, 0.05) is 29.7 Å². The first kappa shape index (κ1) is 13.8. The Labute approximate surface area is 117 Å². The molecular formula is C14H20BrNO2. The molecule has 0 spiro atoms. The summed E-state index contributed by atoms with van der Waals surface area (Å²) in [6.07, 6.45) is 2.60. The molecule has 1 fully saturated rings. The average Bonchev–Trinajstić information content (AvgIpc) is 3.13. The van der Waals surface area contributed by atoms with E-state index >= 15 is 0 Å². The van der Waals surface area contributed by atoms with Crippen molar-refractivity contribution in [1.29, 1.82) is 0 Å². The maximum absolute atomic E-state index is 5.83. The molecule has 0 amide bonds. The molecule has 18 heavy (non-hydrogen) atoms. The Morgan fingerprint density at radius 3 is 2.78 bits per heavy atom. The first-order valence-corrected chi connectivity index (χ1v) is 7.14. The summed E-state index contributed by atoms with van der Waals surface area (Å²) in [4.78, 5) is 0. The smallest absolute Gasteiger partial charge is 0.126 e. The summed E-state index contributed by atoms with van der Waals surface area (Å²) in [7, 11) is 1.69. The summed E-state index contributed by atoms with van der Waals surface area (Å²) in [6.45, 7) is 4.15. The Morgan fingerprint density at radius 2 is 2.11 bits per heavy atom. The van der Waals surface area contributed by atoms with E-state index in [0.29, 0.717) is 19.3 Å². The second-order valence-electron chi connectivity index (χ2n) is 4.71. The Kier molecular flexibility index (Phi) is 5.03. The lowest BCUT2D eigenvalue weighted by molar-refractivity contribution is 0.145. The van der Waals surface area contributed by atoms with Crippen LogP contribution in [-0.2, 0) is 11.3 Å². The van der Waals surface area contributed by atoms with Crippen LogP contribution in [0, 0.1) is 6.92 Å². The van der Waals surface area contributed by atoms with Crippen molar-refractivity contribution in [1.82, 2.24) is 5.32 Å².